The molecule has 1 aliphatic heterocycles. The predicted molar refractivity (Wildman–Crippen MR) is 103 cm³/mol. The molecule has 3 heterocycles. The minimum Gasteiger partial charge on any atom is -0.459 e. The van der Waals surface area contributed by atoms with Gasteiger partial charge in [-0.3, -0.25) is 9.59 Å². The standard InChI is InChI=1S/C20H19N5O3/c26-19(23-15-5-2-1-3-6-15)16-13-18(22-14-21-16)24-8-10-25(11-9-24)20(27)17-7-4-12-28-17/h1-7,12-14H,8-11H2,(H,23,26). The quantitative estimate of drug-likeness (QED) is 0.750. The first kappa shape index (κ1) is 17.7. The molecular weight excluding hydrogens is 358 g/mol. The van der Waals surface area contributed by atoms with E-state index in [1.165, 1.54) is 12.6 Å². The van der Waals surface area contributed by atoms with Gasteiger partial charge in [-0.15, -0.1) is 0 Å². The van der Waals surface area contributed by atoms with Gasteiger partial charge in [-0.2, -0.15) is 0 Å². The predicted octanol–water partition coefficient (Wildman–Crippen LogP) is 2.28. The lowest BCUT2D eigenvalue weighted by Gasteiger charge is -2.35. The highest BCUT2D eigenvalue weighted by atomic mass is 16.3. The SMILES string of the molecule is O=C(Nc1ccccc1)c1cc(N2CCN(C(=O)c3ccco3)CC2)ncn1. The van der Waals surface area contributed by atoms with Crippen molar-refractivity contribution < 1.29 is 14.0 Å². The molecule has 0 radical (unpaired) electrons. The fraction of sp³-hybridized carbons (Fsp3) is 0.200. The van der Waals surface area contributed by atoms with Crippen LogP contribution in [-0.2, 0) is 0 Å². The van der Waals surface area contributed by atoms with Crippen molar-refractivity contribution in [2.45, 2.75) is 0 Å². The third-order valence-corrected chi connectivity index (χ3v) is 4.54. The van der Waals surface area contributed by atoms with Crippen LogP contribution in [-0.4, -0.2) is 52.9 Å². The monoisotopic (exact) mass is 377 g/mol. The van der Waals surface area contributed by atoms with E-state index in [0.29, 0.717) is 49.1 Å². The molecule has 1 aliphatic rings. The normalized spacial score (nSPS) is 14.0. The van der Waals surface area contributed by atoms with Gasteiger partial charge in [-0.05, 0) is 24.3 Å². The number of para-hydroxylation sites is 1. The van der Waals surface area contributed by atoms with Crippen LogP contribution in [0.2, 0.25) is 0 Å². The first-order valence-corrected chi connectivity index (χ1v) is 8.97. The Balaban J connectivity index is 1.40. The van der Waals surface area contributed by atoms with E-state index in [1.54, 1.807) is 23.1 Å². The van der Waals surface area contributed by atoms with Crippen molar-refractivity contribution in [3.63, 3.8) is 0 Å². The zero-order chi connectivity index (χ0) is 19.3. The topological polar surface area (TPSA) is 91.6 Å². The summed E-state index contributed by atoms with van der Waals surface area (Å²) < 4.78 is 5.18. The van der Waals surface area contributed by atoms with Gasteiger partial charge in [0.1, 0.15) is 17.8 Å². The summed E-state index contributed by atoms with van der Waals surface area (Å²) in [7, 11) is 0. The molecule has 0 atom stereocenters. The fourth-order valence-electron chi connectivity index (χ4n) is 3.06. The van der Waals surface area contributed by atoms with Crippen LogP contribution >= 0.6 is 0 Å². The average Bonchev–Trinajstić information content (AvgIpc) is 3.29. The van der Waals surface area contributed by atoms with E-state index in [9.17, 15) is 9.59 Å². The first-order chi connectivity index (χ1) is 13.7. The maximum atomic E-state index is 12.4. The summed E-state index contributed by atoms with van der Waals surface area (Å²) in [4.78, 5) is 36.9. The maximum absolute atomic E-state index is 12.4. The van der Waals surface area contributed by atoms with Crippen LogP contribution in [0.4, 0.5) is 11.5 Å². The zero-order valence-corrected chi connectivity index (χ0v) is 15.1. The average molecular weight is 377 g/mol. The highest BCUT2D eigenvalue weighted by Gasteiger charge is 2.24. The minimum absolute atomic E-state index is 0.115. The second-order valence-electron chi connectivity index (χ2n) is 6.34. The van der Waals surface area contributed by atoms with Gasteiger partial charge in [0.15, 0.2) is 5.76 Å². The number of aromatic nitrogens is 2. The van der Waals surface area contributed by atoms with E-state index in [2.05, 4.69) is 15.3 Å². The highest BCUT2D eigenvalue weighted by molar-refractivity contribution is 6.03. The van der Waals surface area contributed by atoms with E-state index >= 15 is 0 Å². The molecule has 3 aromatic rings. The maximum Gasteiger partial charge on any atom is 0.289 e. The van der Waals surface area contributed by atoms with Crippen molar-refractivity contribution in [3.05, 3.63) is 72.6 Å². The molecule has 1 saturated heterocycles. The van der Waals surface area contributed by atoms with Crippen LogP contribution in [0.15, 0.2) is 65.5 Å². The Morgan fingerprint density at radius 2 is 1.75 bits per heavy atom. The van der Waals surface area contributed by atoms with E-state index in [4.69, 9.17) is 4.42 Å². The molecule has 8 nitrogen and oxygen atoms in total. The summed E-state index contributed by atoms with van der Waals surface area (Å²) in [6.45, 7) is 2.33. The summed E-state index contributed by atoms with van der Waals surface area (Å²) in [6.07, 6.45) is 2.88. The molecule has 4 rings (SSSR count). The van der Waals surface area contributed by atoms with Gasteiger partial charge in [0.25, 0.3) is 11.8 Å². The van der Waals surface area contributed by atoms with Crippen molar-refractivity contribution >= 4 is 23.3 Å². The van der Waals surface area contributed by atoms with Gasteiger partial charge in [0.05, 0.1) is 6.26 Å². The Kier molecular flexibility index (Phi) is 5.01. The fourth-order valence-corrected chi connectivity index (χ4v) is 3.06. The van der Waals surface area contributed by atoms with Crippen molar-refractivity contribution in [3.8, 4) is 0 Å². The molecule has 0 aliphatic carbocycles. The molecule has 1 fully saturated rings. The summed E-state index contributed by atoms with van der Waals surface area (Å²) in [5.41, 5.74) is 1.00. The van der Waals surface area contributed by atoms with Gasteiger partial charge in [0, 0.05) is 37.9 Å². The highest BCUT2D eigenvalue weighted by Crippen LogP contribution is 2.16. The van der Waals surface area contributed by atoms with Crippen LogP contribution in [0.1, 0.15) is 21.0 Å². The van der Waals surface area contributed by atoms with Gasteiger partial charge in [-0.25, -0.2) is 9.97 Å². The van der Waals surface area contributed by atoms with Crippen LogP contribution < -0.4 is 10.2 Å². The number of carbonyl (C=O) groups excluding carboxylic acids is 2. The molecule has 2 amide bonds. The number of anilines is 2. The number of benzene rings is 1. The molecule has 0 spiro atoms. The van der Waals surface area contributed by atoms with Gasteiger partial charge < -0.3 is 19.5 Å². The van der Waals surface area contributed by atoms with E-state index in [0.717, 1.165) is 0 Å². The van der Waals surface area contributed by atoms with Gasteiger partial charge >= 0.3 is 0 Å². The Hall–Kier alpha value is -3.68. The second kappa shape index (κ2) is 7.91. The number of hydrogen-bond acceptors (Lipinski definition) is 6. The number of furan rings is 1. The van der Waals surface area contributed by atoms with E-state index in [1.807, 2.05) is 35.2 Å². The number of hydrogen-bond donors (Lipinski definition) is 1. The van der Waals surface area contributed by atoms with Crippen molar-refractivity contribution in [2.75, 3.05) is 36.4 Å². The smallest absolute Gasteiger partial charge is 0.289 e. The lowest BCUT2D eigenvalue weighted by atomic mass is 10.2. The second-order valence-corrected chi connectivity index (χ2v) is 6.34. The number of rotatable bonds is 4. The molecule has 1 N–H and O–H groups in total. The van der Waals surface area contributed by atoms with Crippen molar-refractivity contribution in [1.82, 2.24) is 14.9 Å². The van der Waals surface area contributed by atoms with Crippen LogP contribution in [0, 0.1) is 0 Å². The molecular formula is C20H19N5O3. The molecule has 0 bridgehead atoms. The summed E-state index contributed by atoms with van der Waals surface area (Å²) in [5.74, 6) is 0.602. The number of carbonyl (C=O) groups is 2. The lowest BCUT2D eigenvalue weighted by molar-refractivity contribution is 0.0714. The van der Waals surface area contributed by atoms with Gasteiger partial charge in [0.2, 0.25) is 0 Å². The summed E-state index contributed by atoms with van der Waals surface area (Å²) in [6, 6.07) is 14.2. The lowest BCUT2D eigenvalue weighted by Crippen LogP contribution is -2.49. The molecule has 2 aromatic heterocycles. The first-order valence-electron chi connectivity index (χ1n) is 8.97. The van der Waals surface area contributed by atoms with Crippen LogP contribution in [0.5, 0.6) is 0 Å². The summed E-state index contributed by atoms with van der Waals surface area (Å²) >= 11 is 0. The Morgan fingerprint density at radius 1 is 0.964 bits per heavy atom. The molecule has 28 heavy (non-hydrogen) atoms. The van der Waals surface area contributed by atoms with Crippen LogP contribution in [0.3, 0.4) is 0 Å². The molecule has 1 aromatic carbocycles. The Morgan fingerprint density at radius 3 is 2.46 bits per heavy atom. The van der Waals surface area contributed by atoms with Crippen LogP contribution in [0.25, 0.3) is 0 Å². The largest absolute Gasteiger partial charge is 0.459 e. The third-order valence-electron chi connectivity index (χ3n) is 4.54. The van der Waals surface area contributed by atoms with E-state index < -0.39 is 0 Å². The summed E-state index contributed by atoms with van der Waals surface area (Å²) in [5, 5.41) is 2.81. The minimum atomic E-state index is -0.290. The number of amides is 2. The molecule has 0 unspecified atom stereocenters. The molecule has 0 saturated carbocycles. The number of piperazine rings is 1. The van der Waals surface area contributed by atoms with E-state index in [-0.39, 0.29) is 11.8 Å². The number of nitrogens with one attached hydrogen (secondary N) is 1. The zero-order valence-electron chi connectivity index (χ0n) is 15.1. The van der Waals surface area contributed by atoms with Crippen molar-refractivity contribution in [1.29, 1.82) is 0 Å². The van der Waals surface area contributed by atoms with Crippen molar-refractivity contribution in [2.24, 2.45) is 0 Å². The molecule has 8 heteroatoms. The third kappa shape index (κ3) is 3.85. The van der Waals surface area contributed by atoms with Gasteiger partial charge in [-0.1, -0.05) is 18.2 Å². The molecule has 142 valence electrons. The Bertz CT molecular complexity index is 951. The Labute approximate surface area is 161 Å². The number of nitrogens with zero attached hydrogens (tertiary/aromatic N) is 4.